The summed E-state index contributed by atoms with van der Waals surface area (Å²) in [6, 6.07) is 2.34. The summed E-state index contributed by atoms with van der Waals surface area (Å²) in [5.41, 5.74) is 6.97. The van der Waals surface area contributed by atoms with E-state index in [1.165, 1.54) is 6.33 Å². The maximum atomic E-state index is 8.98. The number of nitrogens with zero attached hydrogens (tertiary/aromatic N) is 4. The SMILES string of the molecule is CC(C)n1cc(C#N)c2c(N)ncnc21. The van der Waals surface area contributed by atoms with Gasteiger partial charge in [-0.2, -0.15) is 5.26 Å². The first kappa shape index (κ1) is 9.46. The zero-order valence-corrected chi connectivity index (χ0v) is 8.60. The standard InChI is InChI=1S/C10H11N5/c1-6(2)15-4-7(3-11)8-9(12)13-5-14-10(8)15/h4-6H,1-2H3,(H2,12,13,14). The fourth-order valence-electron chi connectivity index (χ4n) is 1.59. The third kappa shape index (κ3) is 1.31. The number of hydrogen-bond acceptors (Lipinski definition) is 4. The Morgan fingerprint density at radius 1 is 1.47 bits per heavy atom. The van der Waals surface area contributed by atoms with Crippen molar-refractivity contribution in [1.82, 2.24) is 14.5 Å². The van der Waals surface area contributed by atoms with Crippen LogP contribution in [0.5, 0.6) is 0 Å². The number of nitrogen functional groups attached to an aromatic ring is 1. The molecule has 0 aliphatic carbocycles. The molecule has 2 aromatic rings. The number of rotatable bonds is 1. The summed E-state index contributed by atoms with van der Waals surface area (Å²) >= 11 is 0. The zero-order chi connectivity index (χ0) is 11.0. The fraction of sp³-hybridized carbons (Fsp3) is 0.300. The molecular weight excluding hydrogens is 190 g/mol. The molecule has 2 rings (SSSR count). The van der Waals surface area contributed by atoms with Gasteiger partial charge in [-0.25, -0.2) is 9.97 Å². The highest BCUT2D eigenvalue weighted by Crippen LogP contribution is 2.25. The Bertz CT molecular complexity index is 547. The Morgan fingerprint density at radius 2 is 2.20 bits per heavy atom. The topological polar surface area (TPSA) is 80.5 Å². The Hall–Kier alpha value is -2.09. The van der Waals surface area contributed by atoms with Crippen molar-refractivity contribution in [2.75, 3.05) is 5.73 Å². The second-order valence-electron chi connectivity index (χ2n) is 3.61. The Balaban J connectivity index is 2.89. The summed E-state index contributed by atoms with van der Waals surface area (Å²) < 4.78 is 1.92. The van der Waals surface area contributed by atoms with Crippen molar-refractivity contribution < 1.29 is 0 Å². The van der Waals surface area contributed by atoms with Crippen molar-refractivity contribution >= 4 is 16.9 Å². The zero-order valence-electron chi connectivity index (χ0n) is 8.60. The van der Waals surface area contributed by atoms with Gasteiger partial charge < -0.3 is 10.3 Å². The van der Waals surface area contributed by atoms with Gasteiger partial charge in [0.05, 0.1) is 10.9 Å². The number of fused-ring (bicyclic) bond motifs is 1. The molecule has 0 saturated carbocycles. The van der Waals surface area contributed by atoms with Crippen LogP contribution in [0.15, 0.2) is 12.5 Å². The maximum absolute atomic E-state index is 8.98. The normalized spacial score (nSPS) is 10.8. The number of nitriles is 1. The van der Waals surface area contributed by atoms with Crippen molar-refractivity contribution in [3.05, 3.63) is 18.1 Å². The average Bonchev–Trinajstić information content (AvgIpc) is 2.58. The number of anilines is 1. The highest BCUT2D eigenvalue weighted by Gasteiger charge is 2.14. The quantitative estimate of drug-likeness (QED) is 0.757. The second-order valence-corrected chi connectivity index (χ2v) is 3.61. The Morgan fingerprint density at radius 3 is 2.80 bits per heavy atom. The molecule has 5 heteroatoms. The van der Waals surface area contributed by atoms with E-state index >= 15 is 0 Å². The van der Waals surface area contributed by atoms with E-state index in [4.69, 9.17) is 11.0 Å². The minimum absolute atomic E-state index is 0.240. The summed E-state index contributed by atoms with van der Waals surface area (Å²) in [5, 5.41) is 9.63. The van der Waals surface area contributed by atoms with Gasteiger partial charge in [0.25, 0.3) is 0 Å². The number of nitrogens with two attached hydrogens (primary N) is 1. The average molecular weight is 201 g/mol. The van der Waals surface area contributed by atoms with Crippen LogP contribution in [0.2, 0.25) is 0 Å². The minimum atomic E-state index is 0.240. The van der Waals surface area contributed by atoms with Crippen LogP contribution >= 0.6 is 0 Å². The van der Waals surface area contributed by atoms with Crippen molar-refractivity contribution in [3.8, 4) is 6.07 Å². The number of aromatic nitrogens is 3. The summed E-state index contributed by atoms with van der Waals surface area (Å²) in [6.45, 7) is 4.05. The molecule has 0 fully saturated rings. The van der Waals surface area contributed by atoms with Gasteiger partial charge >= 0.3 is 0 Å². The maximum Gasteiger partial charge on any atom is 0.147 e. The van der Waals surface area contributed by atoms with Gasteiger partial charge in [-0.05, 0) is 13.8 Å². The van der Waals surface area contributed by atoms with E-state index in [-0.39, 0.29) is 6.04 Å². The minimum Gasteiger partial charge on any atom is -0.383 e. The van der Waals surface area contributed by atoms with E-state index < -0.39 is 0 Å². The monoisotopic (exact) mass is 201 g/mol. The summed E-state index contributed by atoms with van der Waals surface area (Å²) in [6.07, 6.45) is 3.18. The van der Waals surface area contributed by atoms with Crippen LogP contribution in [0.3, 0.4) is 0 Å². The smallest absolute Gasteiger partial charge is 0.147 e. The van der Waals surface area contributed by atoms with Crippen LogP contribution in [0.4, 0.5) is 5.82 Å². The van der Waals surface area contributed by atoms with Crippen LogP contribution < -0.4 is 5.73 Å². The van der Waals surface area contributed by atoms with Gasteiger partial charge in [0.2, 0.25) is 0 Å². The predicted octanol–water partition coefficient (Wildman–Crippen LogP) is 1.47. The van der Waals surface area contributed by atoms with Gasteiger partial charge in [-0.15, -0.1) is 0 Å². The molecule has 5 nitrogen and oxygen atoms in total. The van der Waals surface area contributed by atoms with Gasteiger partial charge in [0, 0.05) is 12.2 Å². The third-order valence-corrected chi connectivity index (χ3v) is 2.32. The molecule has 0 aliphatic heterocycles. The van der Waals surface area contributed by atoms with Crippen molar-refractivity contribution in [3.63, 3.8) is 0 Å². The Kier molecular flexibility index (Phi) is 2.05. The lowest BCUT2D eigenvalue weighted by molar-refractivity contribution is 0.617. The van der Waals surface area contributed by atoms with E-state index in [0.717, 1.165) is 0 Å². The molecule has 0 saturated heterocycles. The van der Waals surface area contributed by atoms with E-state index in [1.54, 1.807) is 6.20 Å². The largest absolute Gasteiger partial charge is 0.383 e. The Labute approximate surface area is 87.2 Å². The number of hydrogen-bond donors (Lipinski definition) is 1. The van der Waals surface area contributed by atoms with Gasteiger partial charge in [0.15, 0.2) is 0 Å². The van der Waals surface area contributed by atoms with E-state index in [2.05, 4.69) is 16.0 Å². The molecule has 0 unspecified atom stereocenters. The molecule has 76 valence electrons. The van der Waals surface area contributed by atoms with E-state index in [1.807, 2.05) is 18.4 Å². The first-order valence-corrected chi connectivity index (χ1v) is 4.66. The molecule has 0 aromatic carbocycles. The highest BCUT2D eigenvalue weighted by atomic mass is 15.1. The van der Waals surface area contributed by atoms with Crippen molar-refractivity contribution in [1.29, 1.82) is 5.26 Å². The van der Waals surface area contributed by atoms with Crippen LogP contribution in [-0.4, -0.2) is 14.5 Å². The molecule has 15 heavy (non-hydrogen) atoms. The van der Waals surface area contributed by atoms with Gasteiger partial charge in [-0.1, -0.05) is 0 Å². The highest BCUT2D eigenvalue weighted by molar-refractivity contribution is 5.91. The summed E-state index contributed by atoms with van der Waals surface area (Å²) in [7, 11) is 0. The molecule has 0 radical (unpaired) electrons. The molecule has 0 spiro atoms. The first-order chi connectivity index (χ1) is 7.15. The van der Waals surface area contributed by atoms with E-state index in [9.17, 15) is 0 Å². The van der Waals surface area contributed by atoms with Gasteiger partial charge in [-0.3, -0.25) is 0 Å². The second kappa shape index (κ2) is 3.24. The predicted molar refractivity (Wildman–Crippen MR) is 57.0 cm³/mol. The molecule has 0 amide bonds. The lowest BCUT2D eigenvalue weighted by Gasteiger charge is -2.07. The molecule has 2 aromatic heterocycles. The molecular formula is C10H11N5. The lowest BCUT2D eigenvalue weighted by atomic mass is 10.2. The van der Waals surface area contributed by atoms with Crippen LogP contribution in [0.25, 0.3) is 11.0 Å². The first-order valence-electron chi connectivity index (χ1n) is 4.66. The third-order valence-electron chi connectivity index (χ3n) is 2.32. The summed E-state index contributed by atoms with van der Waals surface area (Å²) in [4.78, 5) is 8.04. The molecule has 0 bridgehead atoms. The molecule has 2 heterocycles. The van der Waals surface area contributed by atoms with Crippen LogP contribution in [-0.2, 0) is 0 Å². The van der Waals surface area contributed by atoms with Crippen molar-refractivity contribution in [2.45, 2.75) is 19.9 Å². The fourth-order valence-corrected chi connectivity index (χ4v) is 1.59. The molecule has 0 aliphatic rings. The molecule has 0 atom stereocenters. The summed E-state index contributed by atoms with van der Waals surface area (Å²) in [5.74, 6) is 0.357. The van der Waals surface area contributed by atoms with E-state index in [0.29, 0.717) is 22.4 Å². The van der Waals surface area contributed by atoms with Crippen LogP contribution in [0.1, 0.15) is 25.5 Å². The van der Waals surface area contributed by atoms with Crippen molar-refractivity contribution in [2.24, 2.45) is 0 Å². The van der Waals surface area contributed by atoms with Crippen LogP contribution in [0, 0.1) is 11.3 Å². The van der Waals surface area contributed by atoms with Gasteiger partial charge in [0.1, 0.15) is 23.9 Å². The molecule has 2 N–H and O–H groups in total. The lowest BCUT2D eigenvalue weighted by Crippen LogP contribution is -2.00.